The zero-order chi connectivity index (χ0) is 27.2. The molecule has 0 aromatic heterocycles. The molecule has 0 aliphatic rings. The van der Waals surface area contributed by atoms with Gasteiger partial charge in [0.05, 0.1) is 22.7 Å². The van der Waals surface area contributed by atoms with E-state index in [-0.39, 0.29) is 23.1 Å². The number of hydrogen-bond acceptors (Lipinski definition) is 9. The Hall–Kier alpha value is -2.64. The summed E-state index contributed by atoms with van der Waals surface area (Å²) in [6.45, 7) is 10.6. The number of nitrogens with one attached hydrogen (secondary N) is 2. The van der Waals surface area contributed by atoms with E-state index >= 15 is 0 Å². The molecule has 15 heteroatoms. The summed E-state index contributed by atoms with van der Waals surface area (Å²) in [6.07, 6.45) is 0.870. The Morgan fingerprint density at radius 3 is 1.94 bits per heavy atom. The van der Waals surface area contributed by atoms with Crippen LogP contribution < -0.4 is 16.4 Å². The molecule has 0 aliphatic carbocycles. The highest BCUT2D eigenvalue weighted by molar-refractivity contribution is 7.51. The number of nitrogens with two attached hydrogens (primary N) is 1. The van der Waals surface area contributed by atoms with Crippen LogP contribution in [0.3, 0.4) is 0 Å². The molecule has 0 bridgehead atoms. The van der Waals surface area contributed by atoms with Gasteiger partial charge in [0.15, 0.2) is 5.69 Å². The number of carboxylic acid groups (broad SMARTS) is 1. The summed E-state index contributed by atoms with van der Waals surface area (Å²) in [5.74, 6) is -1.14. The second-order valence-corrected chi connectivity index (χ2v) is 9.27. The summed E-state index contributed by atoms with van der Waals surface area (Å²) < 4.78 is 10.1. The van der Waals surface area contributed by atoms with Crippen molar-refractivity contribution in [3.05, 3.63) is 37.4 Å². The fourth-order valence-corrected chi connectivity index (χ4v) is 2.80. The van der Waals surface area contributed by atoms with Crippen LogP contribution in [0.15, 0.2) is 6.07 Å². The Morgan fingerprint density at radius 2 is 1.62 bits per heavy atom. The molecule has 0 saturated heterocycles. The third-order valence-electron chi connectivity index (χ3n) is 4.10. The molecule has 0 saturated carbocycles. The number of carboxylic acids is 1. The van der Waals surface area contributed by atoms with E-state index in [0.717, 1.165) is 12.8 Å². The van der Waals surface area contributed by atoms with Crippen molar-refractivity contribution in [2.45, 2.75) is 66.5 Å². The summed E-state index contributed by atoms with van der Waals surface area (Å²) >= 11 is 0. The van der Waals surface area contributed by atoms with Crippen LogP contribution >= 0.6 is 7.60 Å². The molecule has 1 aromatic rings. The molecule has 196 valence electrons. The Kier molecular flexibility index (Phi) is 15.8. The number of carbonyl (C=O) groups is 1. The lowest BCUT2D eigenvalue weighted by Gasteiger charge is -2.17. The van der Waals surface area contributed by atoms with Gasteiger partial charge in [0, 0.05) is 17.7 Å². The van der Waals surface area contributed by atoms with Crippen molar-refractivity contribution in [3.63, 3.8) is 0 Å². The normalized spacial score (nSPS) is 10.7. The van der Waals surface area contributed by atoms with Crippen molar-refractivity contribution in [3.8, 4) is 0 Å². The van der Waals surface area contributed by atoms with Crippen LogP contribution in [0.5, 0.6) is 0 Å². The summed E-state index contributed by atoms with van der Waals surface area (Å²) in [6, 6.07) is 1.68. The van der Waals surface area contributed by atoms with E-state index < -0.39 is 36.2 Å². The molecule has 0 radical (unpaired) electrons. The number of rotatable bonds is 10. The minimum absolute atomic E-state index is 0.0109. The van der Waals surface area contributed by atoms with Gasteiger partial charge in [-0.3, -0.25) is 34.9 Å². The predicted octanol–water partition coefficient (Wildman–Crippen LogP) is 2.87. The fraction of sp³-hybridized carbons (Fsp3) is 0.632. The van der Waals surface area contributed by atoms with Gasteiger partial charge in [-0.05, 0) is 38.3 Å². The first-order valence-electron chi connectivity index (χ1n) is 10.4. The number of nitrogens with zero attached hydrogens (tertiary/aromatic N) is 2. The van der Waals surface area contributed by atoms with Gasteiger partial charge in [-0.2, -0.15) is 0 Å². The molecule has 34 heavy (non-hydrogen) atoms. The molecule has 0 fully saturated rings. The number of benzene rings is 1. The highest BCUT2D eigenvalue weighted by Crippen LogP contribution is 2.39. The van der Waals surface area contributed by atoms with E-state index in [0.29, 0.717) is 17.2 Å². The molecule has 0 spiro atoms. The van der Waals surface area contributed by atoms with Gasteiger partial charge in [0.2, 0.25) is 0 Å². The first kappa shape index (κ1) is 33.5. The molecule has 1 rings (SSSR count). The Morgan fingerprint density at radius 1 is 1.15 bits per heavy atom. The molecule has 0 amide bonds. The molecule has 0 unspecified atom stereocenters. The van der Waals surface area contributed by atoms with Crippen LogP contribution in [-0.4, -0.2) is 55.6 Å². The number of aliphatic carboxylic acids is 1. The number of nitro groups is 2. The van der Waals surface area contributed by atoms with Gasteiger partial charge < -0.3 is 25.9 Å². The summed E-state index contributed by atoms with van der Waals surface area (Å²) in [4.78, 5) is 47.4. The van der Waals surface area contributed by atoms with Crippen molar-refractivity contribution >= 4 is 30.6 Å². The molecule has 0 heterocycles. The van der Waals surface area contributed by atoms with Gasteiger partial charge in [-0.1, -0.05) is 27.7 Å². The van der Waals surface area contributed by atoms with Crippen LogP contribution in [0.1, 0.15) is 51.7 Å². The van der Waals surface area contributed by atoms with Crippen LogP contribution in [0.2, 0.25) is 0 Å². The lowest BCUT2D eigenvalue weighted by molar-refractivity contribution is -0.392. The van der Waals surface area contributed by atoms with Gasteiger partial charge in [-0.15, -0.1) is 0 Å². The van der Waals surface area contributed by atoms with E-state index in [2.05, 4.69) is 10.6 Å². The van der Waals surface area contributed by atoms with Gasteiger partial charge in [0.25, 0.3) is 5.69 Å². The number of hydrogen-bond donors (Lipinski definition) is 6. The maximum Gasteiger partial charge on any atom is 0.339 e. The van der Waals surface area contributed by atoms with Gasteiger partial charge >= 0.3 is 19.3 Å². The lowest BCUT2D eigenvalue weighted by Crippen LogP contribution is -2.23. The maximum atomic E-state index is 11.3. The Labute approximate surface area is 198 Å². The Bertz CT molecular complexity index is 867. The Balaban J connectivity index is 0. The molecule has 14 nitrogen and oxygen atoms in total. The third-order valence-corrected chi connectivity index (χ3v) is 4.74. The largest absolute Gasteiger partial charge is 0.480 e. The molecular weight excluding hydrogens is 473 g/mol. The average molecular weight is 509 g/mol. The number of nitro benzene ring substituents is 2. The molecule has 1 aromatic carbocycles. The van der Waals surface area contributed by atoms with Crippen molar-refractivity contribution < 1.29 is 34.1 Å². The minimum atomic E-state index is -4.10. The first-order chi connectivity index (χ1) is 15.5. The van der Waals surface area contributed by atoms with Crippen LogP contribution in [-0.2, 0) is 9.36 Å². The summed E-state index contributed by atoms with van der Waals surface area (Å²) in [5, 5.41) is 35.5. The SMILES string of the molecule is CC(C)N.CCC(CC)Nc1c([N+](=O)[O-])cc(C)c(C)c1[N+](=O)[O-].O=C(O)CNCP(=O)(O)O. The maximum absolute atomic E-state index is 11.3. The second kappa shape index (κ2) is 16.1. The fourth-order valence-electron chi connectivity index (χ4n) is 2.40. The van der Waals surface area contributed by atoms with Gasteiger partial charge in [-0.25, -0.2) is 0 Å². The van der Waals surface area contributed by atoms with Crippen LogP contribution in [0.4, 0.5) is 17.1 Å². The molecule has 0 aliphatic heterocycles. The highest BCUT2D eigenvalue weighted by Gasteiger charge is 2.30. The quantitative estimate of drug-likeness (QED) is 0.152. The van der Waals surface area contributed by atoms with E-state index in [1.54, 1.807) is 13.8 Å². The van der Waals surface area contributed by atoms with Crippen molar-refractivity contribution in [2.24, 2.45) is 5.73 Å². The van der Waals surface area contributed by atoms with Crippen LogP contribution in [0.25, 0.3) is 0 Å². The minimum Gasteiger partial charge on any atom is -0.480 e. The predicted molar refractivity (Wildman–Crippen MR) is 129 cm³/mol. The van der Waals surface area contributed by atoms with E-state index in [4.69, 9.17) is 20.6 Å². The standard InChI is InChI=1S/C13H19N3O4.C3H8NO5P.C3H9N/c1-5-10(6-2)14-12-11(15(17)18)7-8(3)9(4)13(12)16(19)20;5-3(6)1-4-2-10(7,8)9;1-3(2)4/h7,10,14H,5-6H2,1-4H3;4H,1-2H2,(H,5,6)(H2,7,8,9);3H,4H2,1-2H3. The zero-order valence-corrected chi connectivity index (χ0v) is 21.2. The van der Waals surface area contributed by atoms with Crippen molar-refractivity contribution in [1.82, 2.24) is 5.32 Å². The number of anilines is 1. The smallest absolute Gasteiger partial charge is 0.339 e. The molecule has 0 atom stereocenters. The number of aryl methyl sites for hydroxylation is 1. The molecule has 7 N–H and O–H groups in total. The molecular formula is C19H36N5O9P. The summed E-state index contributed by atoms with van der Waals surface area (Å²) in [5.41, 5.74) is 5.67. The third kappa shape index (κ3) is 14.5. The van der Waals surface area contributed by atoms with E-state index in [9.17, 15) is 29.6 Å². The van der Waals surface area contributed by atoms with Crippen LogP contribution in [0, 0.1) is 34.1 Å². The topological polar surface area (TPSA) is 231 Å². The zero-order valence-electron chi connectivity index (χ0n) is 20.3. The van der Waals surface area contributed by atoms with E-state index in [1.165, 1.54) is 6.07 Å². The monoisotopic (exact) mass is 509 g/mol. The second-order valence-electron chi connectivity index (χ2n) is 7.62. The van der Waals surface area contributed by atoms with Crippen molar-refractivity contribution in [2.75, 3.05) is 18.1 Å². The highest BCUT2D eigenvalue weighted by atomic mass is 31.2. The van der Waals surface area contributed by atoms with E-state index in [1.807, 2.05) is 27.7 Å². The summed E-state index contributed by atoms with van der Waals surface area (Å²) in [7, 11) is -4.10. The lowest BCUT2D eigenvalue weighted by atomic mass is 10.0. The van der Waals surface area contributed by atoms with Crippen molar-refractivity contribution in [1.29, 1.82) is 0 Å². The first-order valence-corrected chi connectivity index (χ1v) is 12.2. The average Bonchev–Trinajstić information content (AvgIpc) is 2.66. The van der Waals surface area contributed by atoms with Gasteiger partial charge in [0.1, 0.15) is 0 Å².